The Hall–Kier alpha value is -1.32. The van der Waals surface area contributed by atoms with E-state index in [9.17, 15) is 4.39 Å². The van der Waals surface area contributed by atoms with Crippen LogP contribution in [0.3, 0.4) is 0 Å². The summed E-state index contributed by atoms with van der Waals surface area (Å²) in [7, 11) is 0. The third kappa shape index (κ3) is 4.66. The molecule has 0 fully saturated rings. The van der Waals surface area contributed by atoms with Crippen molar-refractivity contribution in [3.63, 3.8) is 0 Å². The van der Waals surface area contributed by atoms with Gasteiger partial charge in [-0.2, -0.15) is 0 Å². The van der Waals surface area contributed by atoms with Crippen LogP contribution in [0.5, 0.6) is 0 Å². The maximum absolute atomic E-state index is 13.1. The second kappa shape index (κ2) is 7.46. The number of hydrogen-bond acceptors (Lipinski definition) is 2. The summed E-state index contributed by atoms with van der Waals surface area (Å²) in [6, 6.07) is 15.3. The van der Waals surface area contributed by atoms with Crippen LogP contribution in [0.15, 0.2) is 53.4 Å². The largest absolute Gasteiger partial charge is 0.327 e. The van der Waals surface area contributed by atoms with Crippen LogP contribution in [-0.4, -0.2) is 11.8 Å². The molecule has 3 heteroatoms. The van der Waals surface area contributed by atoms with Crippen molar-refractivity contribution in [3.05, 3.63) is 65.5 Å². The summed E-state index contributed by atoms with van der Waals surface area (Å²) in [5.74, 6) is 0.595. The lowest BCUT2D eigenvalue weighted by Gasteiger charge is -2.12. The Morgan fingerprint density at radius 2 is 1.80 bits per heavy atom. The van der Waals surface area contributed by atoms with Crippen molar-refractivity contribution < 1.29 is 4.39 Å². The van der Waals surface area contributed by atoms with E-state index in [1.165, 1.54) is 17.2 Å². The summed E-state index contributed by atoms with van der Waals surface area (Å²) >= 11 is 1.60. The normalized spacial score (nSPS) is 12.3. The zero-order chi connectivity index (χ0) is 14.4. The first-order valence-electron chi connectivity index (χ1n) is 6.89. The monoisotopic (exact) mass is 289 g/mol. The predicted molar refractivity (Wildman–Crippen MR) is 84.6 cm³/mol. The molecule has 20 heavy (non-hydrogen) atoms. The Kier molecular flexibility index (Phi) is 5.62. The molecule has 0 aliphatic carbocycles. The molecule has 0 bridgehead atoms. The number of benzene rings is 2. The van der Waals surface area contributed by atoms with Gasteiger partial charge in [-0.05, 0) is 42.2 Å². The summed E-state index contributed by atoms with van der Waals surface area (Å²) in [6.07, 6.45) is 1.91. The first-order valence-corrected chi connectivity index (χ1v) is 7.87. The highest BCUT2D eigenvalue weighted by Gasteiger charge is 2.06. The molecule has 1 nitrogen and oxygen atoms in total. The number of thioether (sulfide) groups is 1. The van der Waals surface area contributed by atoms with E-state index in [1.54, 1.807) is 23.9 Å². The maximum atomic E-state index is 13.1. The first-order chi connectivity index (χ1) is 9.67. The molecule has 1 atom stereocenters. The van der Waals surface area contributed by atoms with E-state index in [4.69, 9.17) is 5.73 Å². The summed E-state index contributed by atoms with van der Waals surface area (Å²) in [5, 5.41) is 0. The Morgan fingerprint density at radius 3 is 2.45 bits per heavy atom. The smallest absolute Gasteiger partial charge is 0.124 e. The van der Waals surface area contributed by atoms with E-state index in [1.807, 2.05) is 6.07 Å². The third-order valence-electron chi connectivity index (χ3n) is 3.19. The fraction of sp³-hybridized carbons (Fsp3) is 0.294. The van der Waals surface area contributed by atoms with Crippen LogP contribution in [0, 0.1) is 5.82 Å². The Balaban J connectivity index is 1.84. The van der Waals surface area contributed by atoms with Crippen LogP contribution in [0.1, 0.15) is 18.1 Å². The molecule has 106 valence electrons. The van der Waals surface area contributed by atoms with Crippen molar-refractivity contribution in [2.75, 3.05) is 5.75 Å². The summed E-state index contributed by atoms with van der Waals surface area (Å²) < 4.78 is 13.1. The van der Waals surface area contributed by atoms with Gasteiger partial charge in [-0.3, -0.25) is 0 Å². The minimum absolute atomic E-state index is 0.0794. The molecule has 2 rings (SSSR count). The van der Waals surface area contributed by atoms with Gasteiger partial charge in [0.25, 0.3) is 0 Å². The molecule has 0 aromatic heterocycles. The minimum atomic E-state index is -0.196. The Morgan fingerprint density at radius 1 is 1.10 bits per heavy atom. The number of halogens is 1. The lowest BCUT2D eigenvalue weighted by molar-refractivity contribution is 0.624. The van der Waals surface area contributed by atoms with Gasteiger partial charge in [0.15, 0.2) is 0 Å². The topological polar surface area (TPSA) is 26.0 Å². The lowest BCUT2D eigenvalue weighted by Crippen LogP contribution is -2.25. The molecule has 2 N–H and O–H groups in total. The molecule has 0 heterocycles. The van der Waals surface area contributed by atoms with Crippen LogP contribution in [0.25, 0.3) is 0 Å². The molecule has 0 saturated heterocycles. The van der Waals surface area contributed by atoms with Crippen molar-refractivity contribution in [1.29, 1.82) is 0 Å². The highest BCUT2D eigenvalue weighted by atomic mass is 32.2. The minimum Gasteiger partial charge on any atom is -0.327 e. The summed E-state index contributed by atoms with van der Waals surface area (Å²) in [5.41, 5.74) is 8.75. The van der Waals surface area contributed by atoms with Crippen LogP contribution in [0.4, 0.5) is 4.39 Å². The molecule has 1 unspecified atom stereocenters. The van der Waals surface area contributed by atoms with Crippen molar-refractivity contribution in [3.8, 4) is 0 Å². The quantitative estimate of drug-likeness (QED) is 0.812. The van der Waals surface area contributed by atoms with E-state index in [-0.39, 0.29) is 11.9 Å². The fourth-order valence-electron chi connectivity index (χ4n) is 2.03. The van der Waals surface area contributed by atoms with Gasteiger partial charge in [0.2, 0.25) is 0 Å². The molecular formula is C17H20FNS. The number of hydrogen-bond donors (Lipinski definition) is 1. The van der Waals surface area contributed by atoms with Gasteiger partial charge in [0, 0.05) is 16.7 Å². The SMILES string of the molecule is CCc1ccc(CC(N)CSc2cccc(F)c2)cc1. The average Bonchev–Trinajstić information content (AvgIpc) is 2.46. The second-order valence-corrected chi connectivity index (χ2v) is 6.00. The number of nitrogens with two attached hydrogens (primary N) is 1. The molecular weight excluding hydrogens is 269 g/mol. The Bertz CT molecular complexity index is 539. The number of aryl methyl sites for hydroxylation is 1. The van der Waals surface area contributed by atoms with Gasteiger partial charge in [0.05, 0.1) is 0 Å². The van der Waals surface area contributed by atoms with Crippen molar-refractivity contribution in [2.24, 2.45) is 5.73 Å². The third-order valence-corrected chi connectivity index (χ3v) is 4.37. The van der Waals surface area contributed by atoms with Crippen LogP contribution >= 0.6 is 11.8 Å². The summed E-state index contributed by atoms with van der Waals surface area (Å²) in [4.78, 5) is 0.932. The molecule has 0 aliphatic heterocycles. The standard InChI is InChI=1S/C17H20FNS/c1-2-13-6-8-14(9-7-13)10-16(19)12-20-17-5-3-4-15(18)11-17/h3-9,11,16H,2,10,12,19H2,1H3. The summed E-state index contributed by atoms with van der Waals surface area (Å²) in [6.45, 7) is 2.15. The lowest BCUT2D eigenvalue weighted by atomic mass is 10.0. The van der Waals surface area contributed by atoms with Gasteiger partial charge in [-0.1, -0.05) is 37.3 Å². The maximum Gasteiger partial charge on any atom is 0.124 e. The zero-order valence-corrected chi connectivity index (χ0v) is 12.5. The molecule has 2 aromatic carbocycles. The van der Waals surface area contributed by atoms with E-state index >= 15 is 0 Å². The van der Waals surface area contributed by atoms with Crippen molar-refractivity contribution in [1.82, 2.24) is 0 Å². The van der Waals surface area contributed by atoms with E-state index in [0.717, 1.165) is 23.5 Å². The van der Waals surface area contributed by atoms with E-state index in [0.29, 0.717) is 0 Å². The van der Waals surface area contributed by atoms with E-state index < -0.39 is 0 Å². The Labute approximate surface area is 124 Å². The fourth-order valence-corrected chi connectivity index (χ4v) is 2.93. The van der Waals surface area contributed by atoms with Crippen molar-refractivity contribution >= 4 is 11.8 Å². The molecule has 0 amide bonds. The van der Waals surface area contributed by atoms with Gasteiger partial charge in [0.1, 0.15) is 5.82 Å². The first kappa shape index (κ1) is 15.1. The average molecular weight is 289 g/mol. The van der Waals surface area contributed by atoms with Crippen LogP contribution in [-0.2, 0) is 12.8 Å². The molecule has 0 radical (unpaired) electrons. The molecule has 2 aromatic rings. The van der Waals surface area contributed by atoms with Gasteiger partial charge in [-0.25, -0.2) is 4.39 Å². The second-order valence-electron chi connectivity index (χ2n) is 4.90. The molecule has 0 saturated carbocycles. The predicted octanol–water partition coefficient (Wildman–Crippen LogP) is 4.05. The van der Waals surface area contributed by atoms with Gasteiger partial charge >= 0.3 is 0 Å². The molecule has 0 spiro atoms. The molecule has 0 aliphatic rings. The van der Waals surface area contributed by atoms with Crippen molar-refractivity contribution in [2.45, 2.75) is 30.7 Å². The van der Waals surface area contributed by atoms with Crippen LogP contribution in [0.2, 0.25) is 0 Å². The highest BCUT2D eigenvalue weighted by molar-refractivity contribution is 7.99. The number of rotatable bonds is 6. The zero-order valence-electron chi connectivity index (χ0n) is 11.7. The van der Waals surface area contributed by atoms with Gasteiger partial charge in [-0.15, -0.1) is 11.8 Å². The van der Waals surface area contributed by atoms with E-state index in [2.05, 4.69) is 31.2 Å². The highest BCUT2D eigenvalue weighted by Crippen LogP contribution is 2.20. The van der Waals surface area contributed by atoms with Crippen LogP contribution < -0.4 is 5.73 Å². The van der Waals surface area contributed by atoms with Gasteiger partial charge < -0.3 is 5.73 Å².